The summed E-state index contributed by atoms with van der Waals surface area (Å²) in [7, 11) is 3.45. The van der Waals surface area contributed by atoms with E-state index in [1.807, 2.05) is 47.0 Å². The molecule has 4 nitrogen and oxygen atoms in total. The average Bonchev–Trinajstić information content (AvgIpc) is 2.95. The first-order valence-electron chi connectivity index (χ1n) is 12.9. The third-order valence-corrected chi connectivity index (χ3v) is 12.2. The molecule has 2 aliphatic rings. The Hall–Kier alpha value is -0.960. The minimum Gasteiger partial charge on any atom is -0.493 e. The fraction of sp³-hybridized carbons (Fsp3) is 0.571. The van der Waals surface area contributed by atoms with Crippen LogP contribution in [0.1, 0.15) is 58.8 Å². The zero-order valence-electron chi connectivity index (χ0n) is 21.4. The molecule has 198 valence electrons. The molecule has 2 heterocycles. The first-order chi connectivity index (χ1) is 17.8. The number of ether oxygens (including phenoxy) is 4. The number of hydrogen-bond acceptors (Lipinski definition) is 8. The molecule has 36 heavy (non-hydrogen) atoms. The minimum atomic E-state index is 0.511. The third-order valence-electron chi connectivity index (χ3n) is 6.13. The highest BCUT2D eigenvalue weighted by molar-refractivity contribution is 8.17. The normalized spacial score (nSPS) is 17.1. The Morgan fingerprint density at radius 3 is 1.39 bits per heavy atom. The monoisotopic (exact) mass is 566 g/mol. The highest BCUT2D eigenvalue weighted by Gasteiger charge is 2.19. The molecule has 0 aromatic heterocycles. The molecule has 0 N–H and O–H groups in total. The Labute approximate surface area is 233 Å². The van der Waals surface area contributed by atoms with E-state index in [9.17, 15) is 0 Å². The smallest absolute Gasteiger partial charge is 0.161 e. The van der Waals surface area contributed by atoms with Crippen molar-refractivity contribution in [1.29, 1.82) is 0 Å². The fourth-order valence-corrected chi connectivity index (χ4v) is 9.93. The van der Waals surface area contributed by atoms with Gasteiger partial charge in [0.05, 0.1) is 36.6 Å². The lowest BCUT2D eigenvalue weighted by Gasteiger charge is -2.22. The predicted octanol–water partition coefficient (Wildman–Crippen LogP) is 8.46. The molecule has 2 fully saturated rings. The number of methoxy groups -OCH3 is 2. The van der Waals surface area contributed by atoms with E-state index in [1.54, 1.807) is 14.2 Å². The minimum absolute atomic E-state index is 0.511. The maximum atomic E-state index is 6.05. The van der Waals surface area contributed by atoms with Gasteiger partial charge < -0.3 is 18.9 Å². The van der Waals surface area contributed by atoms with Gasteiger partial charge in [-0.2, -0.15) is 0 Å². The topological polar surface area (TPSA) is 36.9 Å². The molecule has 0 spiro atoms. The molecule has 2 saturated heterocycles. The third kappa shape index (κ3) is 8.27. The van der Waals surface area contributed by atoms with Crippen LogP contribution in [-0.2, 0) is 0 Å². The molecule has 0 aliphatic carbocycles. The van der Waals surface area contributed by atoms with E-state index in [1.165, 1.54) is 47.0 Å². The zero-order chi connectivity index (χ0) is 25.0. The van der Waals surface area contributed by atoms with E-state index in [0.717, 1.165) is 48.7 Å². The van der Waals surface area contributed by atoms with Gasteiger partial charge >= 0.3 is 0 Å². The van der Waals surface area contributed by atoms with Gasteiger partial charge in [0.25, 0.3) is 0 Å². The predicted molar refractivity (Wildman–Crippen MR) is 160 cm³/mol. The van der Waals surface area contributed by atoms with Gasteiger partial charge in [-0.1, -0.05) is 12.1 Å². The second kappa shape index (κ2) is 15.5. The lowest BCUT2D eigenvalue weighted by atomic mass is 10.2. The van der Waals surface area contributed by atoms with E-state index in [4.69, 9.17) is 18.9 Å². The Balaban J connectivity index is 1.13. The van der Waals surface area contributed by atoms with Crippen LogP contribution in [0.2, 0.25) is 0 Å². The van der Waals surface area contributed by atoms with E-state index < -0.39 is 0 Å². The van der Waals surface area contributed by atoms with Crippen LogP contribution in [0.5, 0.6) is 23.0 Å². The quantitative estimate of drug-likeness (QED) is 0.224. The summed E-state index contributed by atoms with van der Waals surface area (Å²) < 4.78 is 24.4. The lowest BCUT2D eigenvalue weighted by molar-refractivity contribution is 0.271. The first-order valence-corrected chi connectivity index (χ1v) is 17.1. The van der Waals surface area contributed by atoms with Gasteiger partial charge in [0.2, 0.25) is 0 Å². The van der Waals surface area contributed by atoms with Crippen LogP contribution in [0.25, 0.3) is 0 Å². The van der Waals surface area contributed by atoms with Crippen molar-refractivity contribution in [2.45, 2.75) is 47.7 Å². The fourth-order valence-electron chi connectivity index (χ4n) is 4.18. The summed E-state index contributed by atoms with van der Waals surface area (Å²) in [5.74, 6) is 8.32. The molecule has 0 unspecified atom stereocenters. The van der Waals surface area contributed by atoms with E-state index in [2.05, 4.69) is 36.4 Å². The summed E-state index contributed by atoms with van der Waals surface area (Å²) in [4.78, 5) is 0. The largest absolute Gasteiger partial charge is 0.493 e. The van der Waals surface area contributed by atoms with Gasteiger partial charge in [-0.25, -0.2) is 0 Å². The number of unbranched alkanes of at least 4 members (excludes halogenated alkanes) is 3. The van der Waals surface area contributed by atoms with Crippen LogP contribution >= 0.6 is 47.0 Å². The number of benzene rings is 2. The molecule has 2 aliphatic heterocycles. The second-order valence-corrected chi connectivity index (χ2v) is 14.2. The highest BCUT2D eigenvalue weighted by atomic mass is 32.2. The average molecular weight is 567 g/mol. The summed E-state index contributed by atoms with van der Waals surface area (Å²) in [5, 5.41) is 0. The van der Waals surface area contributed by atoms with Crippen LogP contribution in [0, 0.1) is 0 Å². The molecule has 2 aromatic rings. The summed E-state index contributed by atoms with van der Waals surface area (Å²) in [5.41, 5.74) is 2.65. The van der Waals surface area contributed by atoms with Crippen LogP contribution in [-0.4, -0.2) is 50.4 Å². The first kappa shape index (κ1) is 28.1. The van der Waals surface area contributed by atoms with Crippen molar-refractivity contribution < 1.29 is 18.9 Å². The molecule has 8 heteroatoms. The summed E-state index contributed by atoms with van der Waals surface area (Å²) in [6, 6.07) is 12.8. The summed E-state index contributed by atoms with van der Waals surface area (Å²) in [6.07, 6.45) is 6.88. The Bertz CT molecular complexity index is 854. The van der Waals surface area contributed by atoms with Crippen molar-refractivity contribution in [3.8, 4) is 23.0 Å². The maximum absolute atomic E-state index is 6.05. The molecule has 0 radical (unpaired) electrons. The van der Waals surface area contributed by atoms with Gasteiger partial charge in [-0.05, 0) is 96.9 Å². The Morgan fingerprint density at radius 1 is 0.583 bits per heavy atom. The van der Waals surface area contributed by atoms with Gasteiger partial charge in [0.15, 0.2) is 23.0 Å². The van der Waals surface area contributed by atoms with Crippen LogP contribution < -0.4 is 18.9 Å². The van der Waals surface area contributed by atoms with Gasteiger partial charge in [0, 0.05) is 0 Å². The Kier molecular flexibility index (Phi) is 12.0. The number of hydrogen-bond donors (Lipinski definition) is 0. The van der Waals surface area contributed by atoms with Crippen LogP contribution in [0.15, 0.2) is 36.4 Å². The Morgan fingerprint density at radius 2 is 1.00 bits per heavy atom. The molecule has 0 bridgehead atoms. The number of thioether (sulfide) groups is 4. The molecule has 2 aromatic carbocycles. The van der Waals surface area contributed by atoms with Gasteiger partial charge in [-0.3, -0.25) is 0 Å². The van der Waals surface area contributed by atoms with Crippen molar-refractivity contribution in [3.05, 3.63) is 47.5 Å². The molecule has 0 atom stereocenters. The van der Waals surface area contributed by atoms with Crippen molar-refractivity contribution in [2.24, 2.45) is 0 Å². The summed E-state index contributed by atoms with van der Waals surface area (Å²) >= 11 is 8.11. The van der Waals surface area contributed by atoms with Crippen molar-refractivity contribution >= 4 is 47.0 Å². The van der Waals surface area contributed by atoms with Crippen molar-refractivity contribution in [3.63, 3.8) is 0 Å². The van der Waals surface area contributed by atoms with Crippen molar-refractivity contribution in [2.75, 3.05) is 50.4 Å². The maximum Gasteiger partial charge on any atom is 0.161 e. The van der Waals surface area contributed by atoms with Gasteiger partial charge in [0.1, 0.15) is 0 Å². The van der Waals surface area contributed by atoms with Crippen LogP contribution in [0.3, 0.4) is 0 Å². The van der Waals surface area contributed by atoms with Gasteiger partial charge in [-0.15, -0.1) is 47.0 Å². The van der Waals surface area contributed by atoms with E-state index in [-0.39, 0.29) is 0 Å². The van der Waals surface area contributed by atoms with Crippen molar-refractivity contribution in [1.82, 2.24) is 0 Å². The highest BCUT2D eigenvalue weighted by Crippen LogP contribution is 2.46. The molecule has 0 saturated carbocycles. The standard InChI is InChI=1S/C28H38O4S4/c1-29-25-19-21(27-33-15-7-16-34-27)9-11-23(25)31-13-5-3-4-6-14-32-24-12-10-22(20-26(24)30-2)28-35-17-8-18-36-28/h9-12,19-20,27-28H,3-8,13-18H2,1-2H3. The molecular formula is C28H38O4S4. The van der Waals surface area contributed by atoms with Crippen LogP contribution in [0.4, 0.5) is 0 Å². The molecular weight excluding hydrogens is 529 g/mol. The van der Waals surface area contributed by atoms with E-state index in [0.29, 0.717) is 22.4 Å². The molecule has 0 amide bonds. The lowest BCUT2D eigenvalue weighted by Crippen LogP contribution is -2.04. The number of rotatable bonds is 13. The summed E-state index contributed by atoms with van der Waals surface area (Å²) in [6.45, 7) is 1.41. The second-order valence-electron chi connectivity index (χ2n) is 8.79. The zero-order valence-corrected chi connectivity index (χ0v) is 24.6. The van der Waals surface area contributed by atoms with E-state index >= 15 is 0 Å². The SMILES string of the molecule is COc1cc(C2SCCCS2)ccc1OCCCCCCOc1ccc(C2SCCCS2)cc1OC. The molecule has 4 rings (SSSR count).